The molecule has 0 amide bonds. The van der Waals surface area contributed by atoms with Crippen LogP contribution in [-0.2, 0) is 7.05 Å². The van der Waals surface area contributed by atoms with Crippen LogP contribution in [0, 0.1) is 6.92 Å². The zero-order valence-electron chi connectivity index (χ0n) is 8.91. The number of nitrogens with zero attached hydrogens (tertiary/aromatic N) is 4. The van der Waals surface area contributed by atoms with Gasteiger partial charge in [-0.3, -0.25) is 4.79 Å². The number of aryl methyl sites for hydroxylation is 1. The van der Waals surface area contributed by atoms with Gasteiger partial charge in [-0.2, -0.15) is 0 Å². The molecule has 0 saturated heterocycles. The van der Waals surface area contributed by atoms with Crippen LogP contribution in [0.3, 0.4) is 0 Å². The predicted molar refractivity (Wildman–Crippen MR) is 59.5 cm³/mol. The van der Waals surface area contributed by atoms with Crippen molar-refractivity contribution in [3.8, 4) is 0 Å². The molecule has 2 aromatic heterocycles. The molecule has 6 heteroatoms. The fraction of sp³-hybridized carbons (Fsp3) is 0.200. The van der Waals surface area contributed by atoms with Gasteiger partial charge >= 0.3 is 0 Å². The van der Waals surface area contributed by atoms with Crippen molar-refractivity contribution in [2.45, 2.75) is 17.1 Å². The molecule has 0 unspecified atom stereocenters. The van der Waals surface area contributed by atoms with Crippen LogP contribution >= 0.6 is 11.8 Å². The molecule has 0 aliphatic heterocycles. The maximum absolute atomic E-state index is 10.5. The molecule has 16 heavy (non-hydrogen) atoms. The first kappa shape index (κ1) is 10.8. The number of aromatic nitrogens is 4. The second kappa shape index (κ2) is 4.44. The second-order valence-electron chi connectivity index (χ2n) is 3.24. The van der Waals surface area contributed by atoms with Crippen molar-refractivity contribution in [3.05, 3.63) is 29.7 Å². The Morgan fingerprint density at radius 1 is 1.38 bits per heavy atom. The minimum atomic E-state index is 0.568. The van der Waals surface area contributed by atoms with Crippen molar-refractivity contribution in [2.75, 3.05) is 0 Å². The Hall–Kier alpha value is -1.69. The third kappa shape index (κ3) is 2.11. The second-order valence-corrected chi connectivity index (χ2v) is 4.23. The number of hydrogen-bond donors (Lipinski definition) is 0. The molecule has 2 heterocycles. The molecule has 2 rings (SSSR count). The molecule has 2 aromatic rings. The van der Waals surface area contributed by atoms with Gasteiger partial charge in [0, 0.05) is 18.8 Å². The molecule has 5 nitrogen and oxygen atoms in total. The Labute approximate surface area is 96.9 Å². The summed E-state index contributed by atoms with van der Waals surface area (Å²) in [4.78, 5) is 14.6. The predicted octanol–water partition coefficient (Wildman–Crippen LogP) is 1.48. The van der Waals surface area contributed by atoms with E-state index in [0.717, 1.165) is 22.3 Å². The highest BCUT2D eigenvalue weighted by Gasteiger charge is 2.07. The molecular formula is C10H10N4OS. The van der Waals surface area contributed by atoms with E-state index in [0.29, 0.717) is 5.56 Å². The average molecular weight is 234 g/mol. The summed E-state index contributed by atoms with van der Waals surface area (Å²) in [5.74, 6) is 0.854. The normalized spacial score (nSPS) is 10.4. The zero-order chi connectivity index (χ0) is 11.5. The lowest BCUT2D eigenvalue weighted by molar-refractivity contribution is 0.112. The van der Waals surface area contributed by atoms with Gasteiger partial charge in [-0.05, 0) is 30.8 Å². The van der Waals surface area contributed by atoms with E-state index in [9.17, 15) is 4.79 Å². The minimum Gasteiger partial charge on any atom is -0.309 e. The zero-order valence-corrected chi connectivity index (χ0v) is 9.73. The van der Waals surface area contributed by atoms with Crippen LogP contribution in [0.25, 0.3) is 0 Å². The minimum absolute atomic E-state index is 0.568. The highest BCUT2D eigenvalue weighted by Crippen LogP contribution is 2.23. The van der Waals surface area contributed by atoms with Crippen LogP contribution in [0.5, 0.6) is 0 Å². The average Bonchev–Trinajstić information content (AvgIpc) is 2.62. The summed E-state index contributed by atoms with van der Waals surface area (Å²) in [7, 11) is 1.90. The van der Waals surface area contributed by atoms with Crippen LogP contribution in [0.1, 0.15) is 16.2 Å². The van der Waals surface area contributed by atoms with Crippen molar-refractivity contribution in [1.29, 1.82) is 0 Å². The lowest BCUT2D eigenvalue weighted by atomic mass is 10.3. The van der Waals surface area contributed by atoms with Crippen molar-refractivity contribution in [1.82, 2.24) is 19.7 Å². The Morgan fingerprint density at radius 2 is 2.19 bits per heavy atom. The molecule has 0 saturated carbocycles. The molecule has 0 N–H and O–H groups in total. The summed E-state index contributed by atoms with van der Waals surface area (Å²) in [5, 5.41) is 9.55. The third-order valence-electron chi connectivity index (χ3n) is 2.14. The van der Waals surface area contributed by atoms with Crippen molar-refractivity contribution < 1.29 is 4.79 Å². The molecule has 0 atom stereocenters. The van der Waals surface area contributed by atoms with Crippen LogP contribution in [0.15, 0.2) is 28.5 Å². The van der Waals surface area contributed by atoms with Crippen molar-refractivity contribution in [2.24, 2.45) is 7.05 Å². The number of aldehydes is 1. The van der Waals surface area contributed by atoms with E-state index in [1.807, 2.05) is 18.5 Å². The van der Waals surface area contributed by atoms with Crippen molar-refractivity contribution in [3.63, 3.8) is 0 Å². The van der Waals surface area contributed by atoms with Crippen LogP contribution in [-0.4, -0.2) is 26.0 Å². The van der Waals surface area contributed by atoms with Gasteiger partial charge in [-0.25, -0.2) is 4.98 Å². The van der Waals surface area contributed by atoms with E-state index in [1.165, 1.54) is 11.8 Å². The molecule has 0 bridgehead atoms. The summed E-state index contributed by atoms with van der Waals surface area (Å²) in [6, 6.07) is 3.52. The molecule has 0 aliphatic rings. The number of carbonyl (C=O) groups is 1. The van der Waals surface area contributed by atoms with Crippen molar-refractivity contribution >= 4 is 18.0 Å². The van der Waals surface area contributed by atoms with Gasteiger partial charge in [0.05, 0.1) is 0 Å². The van der Waals surface area contributed by atoms with Crippen LogP contribution in [0.2, 0.25) is 0 Å². The fourth-order valence-corrected chi connectivity index (χ4v) is 1.87. The van der Waals surface area contributed by atoms with Gasteiger partial charge in [0.2, 0.25) is 0 Å². The largest absolute Gasteiger partial charge is 0.309 e. The molecule has 0 radical (unpaired) electrons. The monoisotopic (exact) mass is 234 g/mol. The first-order valence-electron chi connectivity index (χ1n) is 4.66. The Balaban J connectivity index is 2.20. The van der Waals surface area contributed by atoms with E-state index in [-0.39, 0.29) is 0 Å². The Morgan fingerprint density at radius 3 is 2.69 bits per heavy atom. The first-order valence-corrected chi connectivity index (χ1v) is 5.47. The number of pyridine rings is 1. The van der Waals surface area contributed by atoms with E-state index in [2.05, 4.69) is 15.2 Å². The highest BCUT2D eigenvalue weighted by molar-refractivity contribution is 7.99. The van der Waals surface area contributed by atoms with E-state index >= 15 is 0 Å². The van der Waals surface area contributed by atoms with Gasteiger partial charge in [0.25, 0.3) is 0 Å². The van der Waals surface area contributed by atoms with E-state index in [1.54, 1.807) is 18.3 Å². The quantitative estimate of drug-likeness (QED) is 0.753. The maximum atomic E-state index is 10.5. The summed E-state index contributed by atoms with van der Waals surface area (Å²) in [6.45, 7) is 1.89. The lowest BCUT2D eigenvalue weighted by Gasteiger charge is -2.00. The van der Waals surface area contributed by atoms with Crippen LogP contribution in [0.4, 0.5) is 0 Å². The lowest BCUT2D eigenvalue weighted by Crippen LogP contribution is -1.93. The molecule has 0 aromatic carbocycles. The Kier molecular flexibility index (Phi) is 3.00. The summed E-state index contributed by atoms with van der Waals surface area (Å²) < 4.78 is 1.89. The van der Waals surface area contributed by atoms with Gasteiger partial charge in [0.1, 0.15) is 10.9 Å². The molecule has 0 aliphatic carbocycles. The molecule has 0 spiro atoms. The molecule has 82 valence electrons. The fourth-order valence-electron chi connectivity index (χ4n) is 1.09. The molecule has 0 fully saturated rings. The number of rotatable bonds is 3. The van der Waals surface area contributed by atoms with Gasteiger partial charge < -0.3 is 4.57 Å². The Bertz CT molecular complexity index is 506. The standard InChI is InChI=1S/C10H10N4OS/c1-7-12-13-10(14(7)2)16-9-4-3-8(6-15)5-11-9/h3-6H,1-2H3. The maximum Gasteiger partial charge on any atom is 0.197 e. The van der Waals surface area contributed by atoms with Gasteiger partial charge in [0.15, 0.2) is 11.4 Å². The number of carbonyl (C=O) groups excluding carboxylic acids is 1. The molecular weight excluding hydrogens is 224 g/mol. The number of hydrogen-bond acceptors (Lipinski definition) is 5. The van der Waals surface area contributed by atoms with Gasteiger partial charge in [-0.1, -0.05) is 0 Å². The highest BCUT2D eigenvalue weighted by atomic mass is 32.2. The summed E-state index contributed by atoms with van der Waals surface area (Å²) >= 11 is 1.42. The van der Waals surface area contributed by atoms with E-state index < -0.39 is 0 Å². The van der Waals surface area contributed by atoms with E-state index in [4.69, 9.17) is 0 Å². The smallest absolute Gasteiger partial charge is 0.197 e. The summed E-state index contributed by atoms with van der Waals surface area (Å²) in [6.07, 6.45) is 2.31. The topological polar surface area (TPSA) is 60.7 Å². The van der Waals surface area contributed by atoms with Gasteiger partial charge in [-0.15, -0.1) is 10.2 Å². The van der Waals surface area contributed by atoms with Crippen LogP contribution < -0.4 is 0 Å². The SMILES string of the molecule is Cc1nnc(Sc2ccc(C=O)cn2)n1C. The first-order chi connectivity index (χ1) is 7.70. The summed E-state index contributed by atoms with van der Waals surface area (Å²) in [5.41, 5.74) is 0.568. The third-order valence-corrected chi connectivity index (χ3v) is 3.13.